The second-order valence-corrected chi connectivity index (χ2v) is 8.32. The molecule has 2 atom stereocenters. The number of thiocarbonyl (C=S) groups is 1. The lowest BCUT2D eigenvalue weighted by molar-refractivity contribution is 0.0600. The van der Waals surface area contributed by atoms with E-state index in [1.54, 1.807) is 12.3 Å². The van der Waals surface area contributed by atoms with E-state index in [9.17, 15) is 4.79 Å². The molecule has 2 aromatic heterocycles. The molecule has 3 heterocycles. The van der Waals surface area contributed by atoms with Gasteiger partial charge in [-0.25, -0.2) is 4.79 Å². The monoisotopic (exact) mass is 449 g/mol. The fourth-order valence-corrected chi connectivity index (χ4v) is 4.43. The van der Waals surface area contributed by atoms with Gasteiger partial charge < -0.3 is 24.4 Å². The third-order valence-corrected chi connectivity index (χ3v) is 5.99. The molecule has 1 fully saturated rings. The minimum atomic E-state index is -0.369. The third-order valence-electron chi connectivity index (χ3n) is 5.64. The number of ether oxygens (including phenoxy) is 1. The van der Waals surface area contributed by atoms with E-state index in [-0.39, 0.29) is 18.1 Å². The summed E-state index contributed by atoms with van der Waals surface area (Å²) >= 11 is 5.75. The lowest BCUT2D eigenvalue weighted by atomic mass is 10.0. The van der Waals surface area contributed by atoms with Crippen LogP contribution < -0.4 is 5.32 Å². The lowest BCUT2D eigenvalue weighted by Gasteiger charge is -2.30. The molecule has 0 saturated carbocycles. The number of methoxy groups -OCH3 is 1. The summed E-state index contributed by atoms with van der Waals surface area (Å²) in [5, 5.41) is 4.18. The number of carbonyl (C=O) groups is 1. The Kier molecular flexibility index (Phi) is 6.53. The molecule has 1 aliphatic heterocycles. The van der Waals surface area contributed by atoms with E-state index in [1.807, 2.05) is 67.3 Å². The van der Waals surface area contributed by atoms with Gasteiger partial charge in [0.2, 0.25) is 0 Å². The van der Waals surface area contributed by atoms with Crippen LogP contribution in [0.15, 0.2) is 67.0 Å². The zero-order valence-corrected chi connectivity index (χ0v) is 19.2. The molecule has 4 rings (SSSR count). The molecule has 166 valence electrons. The van der Waals surface area contributed by atoms with Crippen molar-refractivity contribution in [2.75, 3.05) is 34.3 Å². The molecule has 1 saturated heterocycles. The Morgan fingerprint density at radius 3 is 2.66 bits per heavy atom. The zero-order chi connectivity index (χ0) is 22.7. The summed E-state index contributed by atoms with van der Waals surface area (Å²) in [5.74, 6) is -0.369. The molecule has 0 aliphatic carbocycles. The van der Waals surface area contributed by atoms with Crippen LogP contribution in [-0.4, -0.2) is 64.7 Å². The number of hydrogen-bond acceptors (Lipinski definition) is 5. The second kappa shape index (κ2) is 9.50. The van der Waals surface area contributed by atoms with Crippen molar-refractivity contribution in [2.45, 2.75) is 12.1 Å². The predicted molar refractivity (Wildman–Crippen MR) is 128 cm³/mol. The molecule has 1 aromatic carbocycles. The highest BCUT2D eigenvalue weighted by molar-refractivity contribution is 7.80. The van der Waals surface area contributed by atoms with Crippen molar-refractivity contribution in [2.24, 2.45) is 0 Å². The molecule has 3 aromatic rings. The Hall–Kier alpha value is -3.23. The van der Waals surface area contributed by atoms with Crippen LogP contribution in [0.4, 0.5) is 0 Å². The standard InChI is InChI=1S/C24H27N5O2S/c1-27(2)15-16-29-22(21(26-24(29)32)18-10-6-7-13-25-18)20-12-8-14-28(20)19-11-5-4-9-17(19)23(30)31-3/h4-14,21-22H,15-16H2,1-3H3,(H,26,32)/t21-,22-/m0/s1. The summed E-state index contributed by atoms with van der Waals surface area (Å²) in [4.78, 5) is 21.4. The van der Waals surface area contributed by atoms with Crippen molar-refractivity contribution in [1.82, 2.24) is 24.7 Å². The maximum Gasteiger partial charge on any atom is 0.339 e. The van der Waals surface area contributed by atoms with Gasteiger partial charge in [-0.3, -0.25) is 4.98 Å². The van der Waals surface area contributed by atoms with Gasteiger partial charge >= 0.3 is 5.97 Å². The first-order chi connectivity index (χ1) is 15.5. The molecule has 1 N–H and O–H groups in total. The quantitative estimate of drug-likeness (QED) is 0.439. The van der Waals surface area contributed by atoms with Gasteiger partial charge in [-0.05, 0) is 62.7 Å². The van der Waals surface area contributed by atoms with Crippen LogP contribution in [-0.2, 0) is 4.74 Å². The van der Waals surface area contributed by atoms with Crippen molar-refractivity contribution in [1.29, 1.82) is 0 Å². The predicted octanol–water partition coefficient (Wildman–Crippen LogP) is 3.19. The molecule has 0 unspecified atom stereocenters. The number of para-hydroxylation sites is 1. The van der Waals surface area contributed by atoms with Gasteiger partial charge in [0, 0.05) is 31.2 Å². The fraction of sp³-hybridized carbons (Fsp3) is 0.292. The average Bonchev–Trinajstić information content (AvgIpc) is 3.41. The van der Waals surface area contributed by atoms with Crippen molar-refractivity contribution >= 4 is 23.3 Å². The first kappa shape index (κ1) is 22.0. The smallest absolute Gasteiger partial charge is 0.339 e. The van der Waals surface area contributed by atoms with E-state index < -0.39 is 0 Å². The first-order valence-corrected chi connectivity index (χ1v) is 10.9. The highest BCUT2D eigenvalue weighted by atomic mass is 32.1. The Morgan fingerprint density at radius 1 is 1.16 bits per heavy atom. The van der Waals surface area contributed by atoms with Gasteiger partial charge in [-0.15, -0.1) is 0 Å². The Morgan fingerprint density at radius 2 is 1.94 bits per heavy atom. The number of likely N-dealkylation sites (N-methyl/N-ethyl adjacent to an activating group) is 1. The van der Waals surface area contributed by atoms with E-state index in [1.165, 1.54) is 7.11 Å². The van der Waals surface area contributed by atoms with Crippen LogP contribution in [0, 0.1) is 0 Å². The minimum absolute atomic E-state index is 0.0990. The van der Waals surface area contributed by atoms with Gasteiger partial charge in [0.25, 0.3) is 0 Å². The summed E-state index contributed by atoms with van der Waals surface area (Å²) in [7, 11) is 5.50. The number of esters is 1. The summed E-state index contributed by atoms with van der Waals surface area (Å²) in [5.41, 5.74) is 3.21. The maximum atomic E-state index is 12.4. The normalized spacial score (nSPS) is 18.1. The molecule has 1 aliphatic rings. The molecular formula is C24H27N5O2S. The number of nitrogens with zero attached hydrogens (tertiary/aromatic N) is 4. The van der Waals surface area contributed by atoms with Crippen LogP contribution >= 0.6 is 12.2 Å². The zero-order valence-electron chi connectivity index (χ0n) is 18.4. The minimum Gasteiger partial charge on any atom is -0.465 e. The Bertz CT molecular complexity index is 1100. The Labute approximate surface area is 193 Å². The topological polar surface area (TPSA) is 62.6 Å². The number of rotatable bonds is 7. The molecule has 0 bridgehead atoms. The summed E-state index contributed by atoms with van der Waals surface area (Å²) in [6, 6.07) is 17.2. The van der Waals surface area contributed by atoms with Crippen LogP contribution in [0.25, 0.3) is 5.69 Å². The number of nitrogens with one attached hydrogen (secondary N) is 1. The number of hydrogen-bond donors (Lipinski definition) is 1. The van der Waals surface area contributed by atoms with E-state index in [2.05, 4.69) is 26.2 Å². The molecule has 0 amide bonds. The largest absolute Gasteiger partial charge is 0.465 e. The second-order valence-electron chi connectivity index (χ2n) is 7.94. The fourth-order valence-electron chi connectivity index (χ4n) is 4.10. The van der Waals surface area contributed by atoms with Gasteiger partial charge in [0.15, 0.2) is 5.11 Å². The molecule has 0 radical (unpaired) electrons. The third kappa shape index (κ3) is 4.24. The van der Waals surface area contributed by atoms with Gasteiger partial charge in [0.1, 0.15) is 0 Å². The first-order valence-electron chi connectivity index (χ1n) is 10.5. The van der Waals surface area contributed by atoms with Crippen molar-refractivity contribution < 1.29 is 9.53 Å². The number of aromatic nitrogens is 2. The number of pyridine rings is 1. The van der Waals surface area contributed by atoms with Crippen molar-refractivity contribution in [3.05, 3.63) is 83.9 Å². The summed E-state index contributed by atoms with van der Waals surface area (Å²) < 4.78 is 7.07. The lowest BCUT2D eigenvalue weighted by Crippen LogP contribution is -2.36. The van der Waals surface area contributed by atoms with Gasteiger partial charge in [-0.1, -0.05) is 18.2 Å². The van der Waals surface area contributed by atoms with E-state index in [0.717, 1.165) is 30.2 Å². The van der Waals surface area contributed by atoms with Gasteiger partial charge in [0.05, 0.1) is 36.1 Å². The van der Waals surface area contributed by atoms with Crippen LogP contribution in [0.2, 0.25) is 0 Å². The highest BCUT2D eigenvalue weighted by Gasteiger charge is 2.41. The molecule has 7 nitrogen and oxygen atoms in total. The van der Waals surface area contributed by atoms with E-state index in [0.29, 0.717) is 10.7 Å². The van der Waals surface area contributed by atoms with Gasteiger partial charge in [-0.2, -0.15) is 0 Å². The molecular weight excluding hydrogens is 422 g/mol. The average molecular weight is 450 g/mol. The Balaban J connectivity index is 1.82. The van der Waals surface area contributed by atoms with Crippen molar-refractivity contribution in [3.63, 3.8) is 0 Å². The van der Waals surface area contributed by atoms with Crippen LogP contribution in [0.1, 0.15) is 33.8 Å². The summed E-state index contributed by atoms with van der Waals surface area (Å²) in [6.45, 7) is 1.61. The highest BCUT2D eigenvalue weighted by Crippen LogP contribution is 2.39. The maximum absolute atomic E-state index is 12.4. The number of carbonyl (C=O) groups excluding carboxylic acids is 1. The van der Waals surface area contributed by atoms with Crippen LogP contribution in [0.3, 0.4) is 0 Å². The molecule has 0 spiro atoms. The van der Waals surface area contributed by atoms with Crippen LogP contribution in [0.5, 0.6) is 0 Å². The molecule has 8 heteroatoms. The van der Waals surface area contributed by atoms with E-state index in [4.69, 9.17) is 17.0 Å². The van der Waals surface area contributed by atoms with E-state index >= 15 is 0 Å². The summed E-state index contributed by atoms with van der Waals surface area (Å²) in [6.07, 6.45) is 3.77. The van der Waals surface area contributed by atoms with Crippen molar-refractivity contribution in [3.8, 4) is 5.69 Å². The SMILES string of the molecule is COC(=O)c1ccccc1-n1cccc1[C@H]1[C@H](c2ccccn2)NC(=S)N1CCN(C)C. The molecule has 32 heavy (non-hydrogen) atoms. The number of benzene rings is 1.